The summed E-state index contributed by atoms with van der Waals surface area (Å²) < 4.78 is 10.4. The van der Waals surface area contributed by atoms with Crippen LogP contribution in [0.25, 0.3) is 6.08 Å². The lowest BCUT2D eigenvalue weighted by Crippen LogP contribution is -2.36. The molecule has 0 bridgehead atoms. The number of hydrogen-bond acceptors (Lipinski definition) is 5. The zero-order chi connectivity index (χ0) is 16.9. The number of nitrogens with one attached hydrogen (secondary N) is 1. The van der Waals surface area contributed by atoms with E-state index in [1.54, 1.807) is 19.9 Å². The van der Waals surface area contributed by atoms with Gasteiger partial charge in [0.05, 0.1) is 13.2 Å². The first-order valence-corrected chi connectivity index (χ1v) is 7.98. The fraction of sp³-hybridized carbons (Fsp3) is 0.333. The van der Waals surface area contributed by atoms with Crippen LogP contribution in [0.3, 0.4) is 0 Å². The Morgan fingerprint density at radius 2 is 1.92 bits per heavy atom. The number of carbonyl (C=O) groups excluding carboxylic acids is 1. The lowest BCUT2D eigenvalue weighted by Gasteiger charge is -2.28. The Bertz CT molecular complexity index is 709. The highest BCUT2D eigenvalue weighted by Gasteiger charge is 2.11. The van der Waals surface area contributed by atoms with Crippen LogP contribution in [0, 0.1) is 13.8 Å². The molecule has 6 heteroatoms. The lowest BCUT2D eigenvalue weighted by atomic mass is 10.1. The van der Waals surface area contributed by atoms with Crippen LogP contribution in [0.1, 0.15) is 17.0 Å². The van der Waals surface area contributed by atoms with Crippen molar-refractivity contribution in [2.24, 2.45) is 0 Å². The van der Waals surface area contributed by atoms with Crippen LogP contribution in [0.5, 0.6) is 0 Å². The molecule has 0 radical (unpaired) electrons. The molecule has 0 aliphatic carbocycles. The summed E-state index contributed by atoms with van der Waals surface area (Å²) in [6.45, 7) is 6.92. The number of hydrogen-bond donors (Lipinski definition) is 1. The van der Waals surface area contributed by atoms with Gasteiger partial charge >= 0.3 is 0 Å². The Kier molecular flexibility index (Phi) is 4.96. The van der Waals surface area contributed by atoms with Crippen molar-refractivity contribution in [1.29, 1.82) is 0 Å². The van der Waals surface area contributed by atoms with Crippen molar-refractivity contribution in [3.05, 3.63) is 47.4 Å². The van der Waals surface area contributed by atoms with Crippen molar-refractivity contribution < 1.29 is 14.1 Å². The van der Waals surface area contributed by atoms with Crippen LogP contribution in [0.2, 0.25) is 0 Å². The van der Waals surface area contributed by atoms with E-state index in [1.165, 1.54) is 11.8 Å². The number of benzene rings is 1. The second-order valence-corrected chi connectivity index (χ2v) is 5.71. The van der Waals surface area contributed by atoms with E-state index in [1.807, 2.05) is 12.1 Å². The third-order valence-corrected chi connectivity index (χ3v) is 3.98. The van der Waals surface area contributed by atoms with Gasteiger partial charge in [-0.3, -0.25) is 4.79 Å². The minimum absolute atomic E-state index is 0.207. The van der Waals surface area contributed by atoms with Crippen molar-refractivity contribution in [2.75, 3.05) is 36.5 Å². The maximum Gasteiger partial charge on any atom is 0.248 e. The minimum atomic E-state index is -0.207. The Morgan fingerprint density at radius 1 is 1.21 bits per heavy atom. The number of aromatic nitrogens is 1. The predicted octanol–water partition coefficient (Wildman–Crippen LogP) is 2.78. The Balaban J connectivity index is 1.60. The van der Waals surface area contributed by atoms with Gasteiger partial charge in [0.15, 0.2) is 5.76 Å². The average Bonchev–Trinajstić information content (AvgIpc) is 2.93. The molecule has 0 spiro atoms. The summed E-state index contributed by atoms with van der Waals surface area (Å²) >= 11 is 0. The van der Waals surface area contributed by atoms with Gasteiger partial charge in [-0.05, 0) is 37.6 Å². The fourth-order valence-electron chi connectivity index (χ4n) is 2.62. The molecular weight excluding hydrogens is 306 g/mol. The number of anilines is 2. The number of rotatable bonds is 4. The maximum absolute atomic E-state index is 12.0. The number of amides is 1. The molecule has 1 aromatic carbocycles. The molecule has 2 heterocycles. The average molecular weight is 327 g/mol. The van der Waals surface area contributed by atoms with E-state index < -0.39 is 0 Å². The summed E-state index contributed by atoms with van der Waals surface area (Å²) in [5.74, 6) is 0.394. The molecule has 0 unspecified atom stereocenters. The standard InChI is InChI=1S/C18H21N3O3/c1-13-18(14(2)24-20-13)19-17(22)8-5-15-3-6-16(7-4-15)21-9-11-23-12-10-21/h3-8H,9-12H2,1-2H3,(H,19,22)/b8-5-. The van der Waals surface area contributed by atoms with Crippen LogP contribution in [0.4, 0.5) is 11.4 Å². The lowest BCUT2D eigenvalue weighted by molar-refractivity contribution is -0.111. The molecule has 1 aromatic heterocycles. The molecule has 2 aromatic rings. The fourth-order valence-corrected chi connectivity index (χ4v) is 2.62. The van der Waals surface area contributed by atoms with E-state index in [2.05, 4.69) is 27.5 Å². The molecule has 24 heavy (non-hydrogen) atoms. The van der Waals surface area contributed by atoms with Crippen LogP contribution < -0.4 is 10.2 Å². The third-order valence-electron chi connectivity index (χ3n) is 3.98. The SMILES string of the molecule is Cc1noc(C)c1NC(=O)/C=C\c1ccc(N2CCOCC2)cc1. The second-order valence-electron chi connectivity index (χ2n) is 5.71. The third kappa shape index (κ3) is 3.83. The minimum Gasteiger partial charge on any atom is -0.378 e. The summed E-state index contributed by atoms with van der Waals surface area (Å²) in [5.41, 5.74) is 3.45. The van der Waals surface area contributed by atoms with Gasteiger partial charge in [-0.2, -0.15) is 0 Å². The summed E-state index contributed by atoms with van der Waals surface area (Å²) in [6.07, 6.45) is 3.30. The van der Waals surface area contributed by atoms with E-state index >= 15 is 0 Å². The highest BCUT2D eigenvalue weighted by atomic mass is 16.5. The zero-order valence-electron chi connectivity index (χ0n) is 13.9. The highest BCUT2D eigenvalue weighted by molar-refractivity contribution is 6.02. The smallest absolute Gasteiger partial charge is 0.248 e. The molecule has 1 fully saturated rings. The first kappa shape index (κ1) is 16.3. The van der Waals surface area contributed by atoms with Crippen molar-refractivity contribution in [3.8, 4) is 0 Å². The number of carbonyl (C=O) groups is 1. The monoisotopic (exact) mass is 327 g/mol. The number of ether oxygens (including phenoxy) is 1. The van der Waals surface area contributed by atoms with Crippen molar-refractivity contribution in [2.45, 2.75) is 13.8 Å². The molecule has 0 atom stereocenters. The molecule has 1 saturated heterocycles. The number of nitrogens with zero attached hydrogens (tertiary/aromatic N) is 2. The summed E-state index contributed by atoms with van der Waals surface area (Å²) in [4.78, 5) is 14.3. The number of aryl methyl sites for hydroxylation is 2. The molecule has 1 aliphatic heterocycles. The molecule has 1 aliphatic rings. The molecule has 1 amide bonds. The van der Waals surface area contributed by atoms with Crippen LogP contribution in [-0.2, 0) is 9.53 Å². The maximum atomic E-state index is 12.0. The van der Waals surface area contributed by atoms with Crippen molar-refractivity contribution >= 4 is 23.4 Å². The van der Waals surface area contributed by atoms with E-state index in [9.17, 15) is 4.79 Å². The highest BCUT2D eigenvalue weighted by Crippen LogP contribution is 2.19. The second kappa shape index (κ2) is 7.31. The largest absolute Gasteiger partial charge is 0.378 e. The van der Waals surface area contributed by atoms with Gasteiger partial charge in [0.1, 0.15) is 11.4 Å². The molecule has 1 N–H and O–H groups in total. The normalized spacial score (nSPS) is 15.0. The van der Waals surface area contributed by atoms with Crippen molar-refractivity contribution in [1.82, 2.24) is 5.16 Å². The molecule has 6 nitrogen and oxygen atoms in total. The topological polar surface area (TPSA) is 67.6 Å². The zero-order valence-corrected chi connectivity index (χ0v) is 13.9. The summed E-state index contributed by atoms with van der Waals surface area (Å²) in [6, 6.07) is 8.14. The Morgan fingerprint density at radius 3 is 2.54 bits per heavy atom. The summed E-state index contributed by atoms with van der Waals surface area (Å²) in [5, 5.41) is 6.60. The van der Waals surface area contributed by atoms with Gasteiger partial charge in [0.25, 0.3) is 0 Å². The van der Waals surface area contributed by atoms with Crippen LogP contribution >= 0.6 is 0 Å². The van der Waals surface area contributed by atoms with E-state index in [0.29, 0.717) is 17.1 Å². The van der Waals surface area contributed by atoms with Gasteiger partial charge in [-0.1, -0.05) is 17.3 Å². The quantitative estimate of drug-likeness (QED) is 0.875. The predicted molar refractivity (Wildman–Crippen MR) is 93.1 cm³/mol. The first-order valence-electron chi connectivity index (χ1n) is 7.98. The molecular formula is C18H21N3O3. The van der Waals surface area contributed by atoms with Gasteiger partial charge < -0.3 is 19.5 Å². The van der Waals surface area contributed by atoms with Gasteiger partial charge in [0, 0.05) is 24.9 Å². The van der Waals surface area contributed by atoms with E-state index in [4.69, 9.17) is 9.26 Å². The van der Waals surface area contributed by atoms with Gasteiger partial charge in [-0.15, -0.1) is 0 Å². The molecule has 0 saturated carbocycles. The Labute approximate surface area is 141 Å². The van der Waals surface area contributed by atoms with Crippen molar-refractivity contribution in [3.63, 3.8) is 0 Å². The van der Waals surface area contributed by atoms with E-state index in [0.717, 1.165) is 31.9 Å². The van der Waals surface area contributed by atoms with Crippen LogP contribution in [0.15, 0.2) is 34.9 Å². The van der Waals surface area contributed by atoms with Crippen LogP contribution in [-0.4, -0.2) is 37.4 Å². The number of morpholine rings is 1. The molecule has 126 valence electrons. The first-order chi connectivity index (χ1) is 11.6. The van der Waals surface area contributed by atoms with Gasteiger partial charge in [-0.25, -0.2) is 0 Å². The van der Waals surface area contributed by atoms with Gasteiger partial charge in [0.2, 0.25) is 5.91 Å². The van der Waals surface area contributed by atoms with E-state index in [-0.39, 0.29) is 5.91 Å². The summed E-state index contributed by atoms with van der Waals surface area (Å²) in [7, 11) is 0. The molecule has 3 rings (SSSR count). The Hall–Kier alpha value is -2.60.